The van der Waals surface area contributed by atoms with Gasteiger partial charge in [0.25, 0.3) is 0 Å². The molecule has 2 saturated heterocycles. The van der Waals surface area contributed by atoms with Crippen molar-refractivity contribution in [3.05, 3.63) is 83.9 Å². The second kappa shape index (κ2) is 9.95. The molecule has 2 fully saturated rings. The van der Waals surface area contributed by atoms with Crippen molar-refractivity contribution >= 4 is 12.2 Å². The number of ether oxygens (including phenoxy) is 3. The highest BCUT2D eigenvalue weighted by Crippen LogP contribution is 2.44. The van der Waals surface area contributed by atoms with Crippen molar-refractivity contribution in [2.24, 2.45) is 11.8 Å². The maximum Gasteiger partial charge on any atom is 0.110 e. The largest absolute Gasteiger partial charge is 0.374 e. The first-order valence-corrected chi connectivity index (χ1v) is 11.5. The molecule has 2 aliphatic rings. The number of rotatable bonds is 10. The van der Waals surface area contributed by atoms with Crippen LogP contribution in [0.15, 0.2) is 61.7 Å². The molecule has 2 heterocycles. The van der Waals surface area contributed by atoms with Crippen molar-refractivity contribution in [3.63, 3.8) is 0 Å². The Bertz CT molecular complexity index is 793. The third kappa shape index (κ3) is 4.55. The maximum atomic E-state index is 6.94. The van der Waals surface area contributed by atoms with Crippen molar-refractivity contribution in [1.29, 1.82) is 0 Å². The van der Waals surface area contributed by atoms with Gasteiger partial charge in [0.2, 0.25) is 0 Å². The summed E-state index contributed by atoms with van der Waals surface area (Å²) in [6.45, 7) is 13.8. The van der Waals surface area contributed by atoms with Gasteiger partial charge < -0.3 is 14.2 Å². The summed E-state index contributed by atoms with van der Waals surface area (Å²) < 4.78 is 19.1. The van der Waals surface area contributed by atoms with Gasteiger partial charge in [-0.1, -0.05) is 87.7 Å². The lowest BCUT2D eigenvalue weighted by atomic mass is 9.85. The van der Waals surface area contributed by atoms with E-state index in [4.69, 9.17) is 14.2 Å². The molecule has 0 amide bonds. The molecular formula is C28H34O3. The summed E-state index contributed by atoms with van der Waals surface area (Å²) >= 11 is 0. The molecule has 0 radical (unpaired) electrons. The van der Waals surface area contributed by atoms with Crippen LogP contribution in [0.3, 0.4) is 0 Å². The number of benzene rings is 2. The summed E-state index contributed by atoms with van der Waals surface area (Å²) in [5.41, 5.74) is 4.51. The molecule has 2 aromatic rings. The van der Waals surface area contributed by atoms with Crippen LogP contribution in [0.25, 0.3) is 12.2 Å². The second-order valence-corrected chi connectivity index (χ2v) is 8.65. The van der Waals surface area contributed by atoms with Gasteiger partial charge in [-0.2, -0.15) is 0 Å². The van der Waals surface area contributed by atoms with E-state index in [1.165, 1.54) is 0 Å². The summed E-state index contributed by atoms with van der Waals surface area (Å²) in [7, 11) is 0. The molecule has 0 aliphatic carbocycles. The highest BCUT2D eigenvalue weighted by atomic mass is 16.6. The monoisotopic (exact) mass is 418 g/mol. The Hall–Kier alpha value is -2.20. The predicted molar refractivity (Wildman–Crippen MR) is 127 cm³/mol. The van der Waals surface area contributed by atoms with Gasteiger partial charge in [0.15, 0.2) is 0 Å². The zero-order chi connectivity index (χ0) is 21.8. The van der Waals surface area contributed by atoms with E-state index in [2.05, 4.69) is 75.5 Å². The van der Waals surface area contributed by atoms with E-state index in [9.17, 15) is 0 Å². The van der Waals surface area contributed by atoms with Crippen molar-refractivity contribution in [3.8, 4) is 0 Å². The van der Waals surface area contributed by atoms with Crippen LogP contribution in [-0.2, 0) is 14.2 Å². The average molecular weight is 419 g/mol. The van der Waals surface area contributed by atoms with Crippen LogP contribution >= 0.6 is 0 Å². The Morgan fingerprint density at radius 3 is 1.42 bits per heavy atom. The van der Waals surface area contributed by atoms with E-state index in [1.54, 1.807) is 0 Å². The standard InChI is InChI=1S/C28H34O3/c1-5-19-9-13-23(14-10-19)27(25-21(7-3)17-29-25)31-28(26-22(8-4)18-30-26)24-15-11-20(6-2)12-16-24/h5-6,9-16,21-22,25-28H,1-2,7-8,17-18H2,3-4H3. The third-order valence-corrected chi connectivity index (χ3v) is 6.87. The van der Waals surface area contributed by atoms with Crippen molar-refractivity contribution in [2.75, 3.05) is 13.2 Å². The summed E-state index contributed by atoms with van der Waals surface area (Å²) in [4.78, 5) is 0. The molecule has 6 unspecified atom stereocenters. The van der Waals surface area contributed by atoms with E-state index >= 15 is 0 Å². The summed E-state index contributed by atoms with van der Waals surface area (Å²) in [5, 5.41) is 0. The van der Waals surface area contributed by atoms with Gasteiger partial charge in [0, 0.05) is 11.8 Å². The van der Waals surface area contributed by atoms with Gasteiger partial charge in [-0.25, -0.2) is 0 Å². The van der Waals surface area contributed by atoms with Gasteiger partial charge in [-0.05, 0) is 35.1 Å². The molecule has 2 aromatic carbocycles. The molecule has 0 N–H and O–H groups in total. The minimum atomic E-state index is -0.136. The van der Waals surface area contributed by atoms with Crippen LogP contribution in [0.1, 0.15) is 61.2 Å². The fourth-order valence-corrected chi connectivity index (χ4v) is 4.55. The summed E-state index contributed by atoms with van der Waals surface area (Å²) in [6.07, 6.45) is 5.77. The van der Waals surface area contributed by atoms with E-state index in [0.29, 0.717) is 11.8 Å². The second-order valence-electron chi connectivity index (χ2n) is 8.65. The maximum absolute atomic E-state index is 6.94. The Morgan fingerprint density at radius 1 is 0.774 bits per heavy atom. The zero-order valence-electron chi connectivity index (χ0n) is 18.7. The molecule has 4 rings (SSSR count). The molecule has 164 valence electrons. The fraction of sp³-hybridized carbons (Fsp3) is 0.429. The molecule has 0 bridgehead atoms. The van der Waals surface area contributed by atoms with Gasteiger partial charge in [0.1, 0.15) is 12.2 Å². The minimum Gasteiger partial charge on any atom is -0.374 e. The van der Waals surface area contributed by atoms with Gasteiger partial charge >= 0.3 is 0 Å². The zero-order valence-corrected chi connectivity index (χ0v) is 18.7. The van der Waals surface area contributed by atoms with Crippen molar-refractivity contribution in [2.45, 2.75) is 51.1 Å². The van der Waals surface area contributed by atoms with E-state index in [-0.39, 0.29) is 24.4 Å². The summed E-state index contributed by atoms with van der Waals surface area (Å²) in [5.74, 6) is 1.02. The smallest absolute Gasteiger partial charge is 0.110 e. The Balaban J connectivity index is 1.66. The molecular weight excluding hydrogens is 384 g/mol. The summed E-state index contributed by atoms with van der Waals surface area (Å²) in [6, 6.07) is 17.0. The molecule has 0 aromatic heterocycles. The van der Waals surface area contributed by atoms with Gasteiger partial charge in [-0.3, -0.25) is 0 Å². The molecule has 6 atom stereocenters. The Morgan fingerprint density at radius 2 is 1.16 bits per heavy atom. The Kier molecular flexibility index (Phi) is 7.06. The normalized spacial score (nSPS) is 26.9. The minimum absolute atomic E-state index is 0.0645. The predicted octanol–water partition coefficient (Wildman–Crippen LogP) is 6.62. The molecule has 31 heavy (non-hydrogen) atoms. The van der Waals surface area contributed by atoms with Crippen LogP contribution in [0.2, 0.25) is 0 Å². The molecule has 2 aliphatic heterocycles. The topological polar surface area (TPSA) is 27.7 Å². The van der Waals surface area contributed by atoms with Crippen molar-refractivity contribution in [1.82, 2.24) is 0 Å². The van der Waals surface area contributed by atoms with Crippen LogP contribution in [-0.4, -0.2) is 25.4 Å². The highest BCUT2D eigenvalue weighted by Gasteiger charge is 2.44. The Labute approximate surface area is 186 Å². The molecule has 0 spiro atoms. The first-order valence-electron chi connectivity index (χ1n) is 11.5. The lowest BCUT2D eigenvalue weighted by Gasteiger charge is -2.46. The van der Waals surface area contributed by atoms with Crippen LogP contribution in [0.5, 0.6) is 0 Å². The molecule has 3 heteroatoms. The first-order chi connectivity index (χ1) is 15.2. The lowest BCUT2D eigenvalue weighted by molar-refractivity contribution is -0.241. The third-order valence-electron chi connectivity index (χ3n) is 6.87. The number of hydrogen-bond acceptors (Lipinski definition) is 3. The van der Waals surface area contributed by atoms with Crippen LogP contribution in [0.4, 0.5) is 0 Å². The van der Waals surface area contributed by atoms with Crippen LogP contribution < -0.4 is 0 Å². The highest BCUT2D eigenvalue weighted by molar-refractivity contribution is 5.48. The van der Waals surface area contributed by atoms with Gasteiger partial charge in [0.05, 0.1) is 25.4 Å². The first kappa shape index (κ1) is 22.0. The number of hydrogen-bond donors (Lipinski definition) is 0. The van der Waals surface area contributed by atoms with E-state index in [1.807, 2.05) is 12.2 Å². The van der Waals surface area contributed by atoms with Gasteiger partial charge in [-0.15, -0.1) is 0 Å². The lowest BCUT2D eigenvalue weighted by Crippen LogP contribution is -2.48. The molecule has 0 saturated carbocycles. The fourth-order valence-electron chi connectivity index (χ4n) is 4.55. The average Bonchev–Trinajstić information content (AvgIpc) is 2.77. The van der Waals surface area contributed by atoms with E-state index < -0.39 is 0 Å². The quantitative estimate of drug-likeness (QED) is 0.434. The van der Waals surface area contributed by atoms with E-state index in [0.717, 1.165) is 48.3 Å². The SMILES string of the molecule is C=Cc1ccc(C(OC(c2ccc(C=C)cc2)C2OCC2CC)C2OCC2CC)cc1. The van der Waals surface area contributed by atoms with Crippen molar-refractivity contribution < 1.29 is 14.2 Å². The molecule has 3 nitrogen and oxygen atoms in total. The van der Waals surface area contributed by atoms with Crippen LogP contribution in [0, 0.1) is 11.8 Å².